The average Bonchev–Trinajstić information content (AvgIpc) is 3.33. The summed E-state index contributed by atoms with van der Waals surface area (Å²) < 4.78 is 18.8. The minimum absolute atomic E-state index is 0.0474. The zero-order chi connectivity index (χ0) is 25.1. The molecule has 35 heavy (non-hydrogen) atoms. The van der Waals surface area contributed by atoms with Crippen LogP contribution in [-0.4, -0.2) is 48.0 Å². The summed E-state index contributed by atoms with van der Waals surface area (Å²) in [7, 11) is 1.63. The molecule has 0 radical (unpaired) electrons. The van der Waals surface area contributed by atoms with Gasteiger partial charge in [-0.2, -0.15) is 0 Å². The molecule has 1 saturated carbocycles. The van der Waals surface area contributed by atoms with Gasteiger partial charge in [-0.05, 0) is 55.7 Å². The number of carboxylic acids is 1. The quantitative estimate of drug-likeness (QED) is 0.414. The van der Waals surface area contributed by atoms with Crippen LogP contribution in [0.5, 0.6) is 5.75 Å². The smallest absolute Gasteiger partial charge is 0.342 e. The second-order valence-corrected chi connectivity index (χ2v) is 9.68. The van der Waals surface area contributed by atoms with Crippen LogP contribution >= 0.6 is 0 Å². The van der Waals surface area contributed by atoms with Crippen LogP contribution in [0.15, 0.2) is 29.2 Å². The lowest BCUT2D eigenvalue weighted by Gasteiger charge is -2.34. The Labute approximate surface area is 204 Å². The van der Waals surface area contributed by atoms with E-state index in [1.165, 1.54) is 12.3 Å². The highest BCUT2D eigenvalue weighted by Crippen LogP contribution is 2.41. The fourth-order valence-corrected chi connectivity index (χ4v) is 5.00. The van der Waals surface area contributed by atoms with Crippen molar-refractivity contribution in [2.24, 2.45) is 5.92 Å². The molecular formula is C27H33NO7. The molecule has 0 bridgehead atoms. The van der Waals surface area contributed by atoms with Crippen molar-refractivity contribution in [3.8, 4) is 17.0 Å². The highest BCUT2D eigenvalue weighted by Gasteiger charge is 2.31. The number of hydrogen-bond donors (Lipinski definition) is 1. The van der Waals surface area contributed by atoms with E-state index in [0.29, 0.717) is 43.1 Å². The molecule has 0 saturated heterocycles. The van der Waals surface area contributed by atoms with Crippen LogP contribution in [0.25, 0.3) is 11.3 Å². The van der Waals surface area contributed by atoms with Crippen LogP contribution in [0.3, 0.4) is 0 Å². The Morgan fingerprint density at radius 2 is 1.86 bits per heavy atom. The normalized spacial score (nSPS) is 17.2. The maximum absolute atomic E-state index is 13.2. The van der Waals surface area contributed by atoms with Crippen LogP contribution in [0.2, 0.25) is 0 Å². The molecule has 1 unspecified atom stereocenters. The Bertz CT molecular complexity index is 1160. The molecule has 4 rings (SSSR count). The predicted molar refractivity (Wildman–Crippen MR) is 130 cm³/mol. The van der Waals surface area contributed by atoms with Crippen LogP contribution in [0, 0.1) is 5.92 Å². The van der Waals surface area contributed by atoms with Gasteiger partial charge in [0.1, 0.15) is 23.0 Å². The van der Waals surface area contributed by atoms with Crippen LogP contribution in [-0.2, 0) is 15.9 Å². The van der Waals surface area contributed by atoms with Crippen LogP contribution in [0.1, 0.15) is 78.3 Å². The number of esters is 1. The van der Waals surface area contributed by atoms with Gasteiger partial charge >= 0.3 is 11.9 Å². The standard InChI is InChI=1S/C27H33NO7/c1-16(2)22-11-17-12-25(34-10-6-9-33-3)20(27(32)35-18-7-4-5-8-18)13-19(17)23-14-24(29)21(26(30)31)15-28(22)23/h12-16,18,22H,4-11H2,1-3H3,(H,30,31). The zero-order valence-electron chi connectivity index (χ0n) is 20.5. The van der Waals surface area contributed by atoms with E-state index >= 15 is 0 Å². The molecule has 1 aromatic carbocycles. The average molecular weight is 484 g/mol. The molecule has 1 atom stereocenters. The van der Waals surface area contributed by atoms with Gasteiger partial charge in [-0.25, -0.2) is 9.59 Å². The van der Waals surface area contributed by atoms with Crippen molar-refractivity contribution in [2.75, 3.05) is 20.3 Å². The lowest BCUT2D eigenvalue weighted by Crippen LogP contribution is -2.28. The Hall–Kier alpha value is -3.13. The topological polar surface area (TPSA) is 104 Å². The molecule has 2 aliphatic rings. The number of aromatic nitrogens is 1. The first-order valence-corrected chi connectivity index (χ1v) is 12.3. The molecule has 1 aromatic heterocycles. The van der Waals surface area contributed by atoms with Crippen molar-refractivity contribution in [3.63, 3.8) is 0 Å². The summed E-state index contributed by atoms with van der Waals surface area (Å²) in [5, 5.41) is 9.50. The van der Waals surface area contributed by atoms with Gasteiger partial charge in [0.25, 0.3) is 0 Å². The van der Waals surface area contributed by atoms with Crippen molar-refractivity contribution >= 4 is 11.9 Å². The number of carboxylic acid groups (broad SMARTS) is 1. The number of carbonyl (C=O) groups is 2. The molecule has 2 aromatic rings. The number of nitrogens with zero attached hydrogens (tertiary/aromatic N) is 1. The summed E-state index contributed by atoms with van der Waals surface area (Å²) >= 11 is 0. The third-order valence-electron chi connectivity index (χ3n) is 6.89. The predicted octanol–water partition coefficient (Wildman–Crippen LogP) is 4.48. The molecular weight excluding hydrogens is 450 g/mol. The first-order chi connectivity index (χ1) is 16.8. The Balaban J connectivity index is 1.80. The summed E-state index contributed by atoms with van der Waals surface area (Å²) in [6.45, 7) is 5.06. The zero-order valence-corrected chi connectivity index (χ0v) is 20.5. The van der Waals surface area contributed by atoms with E-state index in [1.54, 1.807) is 13.2 Å². The molecule has 8 nitrogen and oxygen atoms in total. The van der Waals surface area contributed by atoms with Gasteiger partial charge in [0.05, 0.1) is 12.3 Å². The van der Waals surface area contributed by atoms with Gasteiger partial charge < -0.3 is 23.9 Å². The molecule has 1 N–H and O–H groups in total. The van der Waals surface area contributed by atoms with Crippen molar-refractivity contribution in [2.45, 2.75) is 64.5 Å². The maximum Gasteiger partial charge on any atom is 0.342 e. The number of methoxy groups -OCH3 is 1. The van der Waals surface area contributed by atoms with E-state index < -0.39 is 17.4 Å². The van der Waals surface area contributed by atoms with E-state index in [9.17, 15) is 19.5 Å². The van der Waals surface area contributed by atoms with Crippen molar-refractivity contribution in [1.82, 2.24) is 4.57 Å². The number of pyridine rings is 1. The van der Waals surface area contributed by atoms with Crippen LogP contribution in [0.4, 0.5) is 0 Å². The van der Waals surface area contributed by atoms with Crippen molar-refractivity contribution < 1.29 is 28.9 Å². The monoisotopic (exact) mass is 483 g/mol. The Kier molecular flexibility index (Phi) is 7.60. The third-order valence-corrected chi connectivity index (χ3v) is 6.89. The highest BCUT2D eigenvalue weighted by atomic mass is 16.5. The van der Waals surface area contributed by atoms with Crippen LogP contribution < -0.4 is 10.2 Å². The summed E-state index contributed by atoms with van der Waals surface area (Å²) in [5.74, 6) is -1.05. The van der Waals surface area contributed by atoms with Gasteiger partial charge in [-0.1, -0.05) is 13.8 Å². The second kappa shape index (κ2) is 10.6. The molecule has 1 fully saturated rings. The first-order valence-electron chi connectivity index (χ1n) is 12.3. The van der Waals surface area contributed by atoms with Gasteiger partial charge in [-0.15, -0.1) is 0 Å². The maximum atomic E-state index is 13.2. The van der Waals surface area contributed by atoms with E-state index in [0.717, 1.165) is 36.8 Å². The fourth-order valence-electron chi connectivity index (χ4n) is 5.00. The number of hydrogen-bond acceptors (Lipinski definition) is 6. The highest BCUT2D eigenvalue weighted by molar-refractivity contribution is 5.95. The van der Waals surface area contributed by atoms with Crippen molar-refractivity contribution in [3.05, 3.63) is 51.3 Å². The Morgan fingerprint density at radius 3 is 2.51 bits per heavy atom. The summed E-state index contributed by atoms with van der Waals surface area (Å²) in [5.41, 5.74) is 1.76. The summed E-state index contributed by atoms with van der Waals surface area (Å²) in [4.78, 5) is 37.5. The Morgan fingerprint density at radius 1 is 1.11 bits per heavy atom. The number of benzene rings is 1. The molecule has 188 valence electrons. The molecule has 1 aliphatic heterocycles. The molecule has 8 heteroatoms. The number of aromatic carboxylic acids is 1. The largest absolute Gasteiger partial charge is 0.493 e. The molecule has 2 heterocycles. The number of fused-ring (bicyclic) bond motifs is 3. The SMILES string of the molecule is COCCCOc1cc2c(cc1C(=O)OC1CCCC1)-c1cc(=O)c(C(=O)O)cn1C(C(C)C)C2. The van der Waals surface area contributed by atoms with Gasteiger partial charge in [0, 0.05) is 44.0 Å². The second-order valence-electron chi connectivity index (χ2n) is 9.68. The van der Waals surface area contributed by atoms with Gasteiger partial charge in [0.2, 0.25) is 0 Å². The minimum atomic E-state index is -1.25. The number of carbonyl (C=O) groups excluding carboxylic acids is 1. The molecule has 0 amide bonds. The first kappa shape index (κ1) is 25.0. The molecule has 1 aliphatic carbocycles. The third kappa shape index (κ3) is 5.27. The number of rotatable bonds is 9. The summed E-state index contributed by atoms with van der Waals surface area (Å²) in [6, 6.07) is 4.93. The summed E-state index contributed by atoms with van der Waals surface area (Å²) in [6.07, 6.45) is 6.42. The lowest BCUT2D eigenvalue weighted by molar-refractivity contribution is 0.0313. The fraction of sp³-hybridized carbons (Fsp3) is 0.519. The van der Waals surface area contributed by atoms with Crippen molar-refractivity contribution in [1.29, 1.82) is 0 Å². The number of ether oxygens (including phenoxy) is 3. The molecule has 0 spiro atoms. The van der Waals surface area contributed by atoms with Gasteiger partial charge in [-0.3, -0.25) is 4.79 Å². The van der Waals surface area contributed by atoms with E-state index in [-0.39, 0.29) is 23.6 Å². The minimum Gasteiger partial charge on any atom is -0.493 e. The lowest BCUT2D eigenvalue weighted by atomic mass is 9.86. The van der Waals surface area contributed by atoms with Gasteiger partial charge in [0.15, 0.2) is 5.43 Å². The van der Waals surface area contributed by atoms with E-state index in [4.69, 9.17) is 14.2 Å². The van der Waals surface area contributed by atoms with E-state index in [2.05, 4.69) is 13.8 Å². The van der Waals surface area contributed by atoms with E-state index in [1.807, 2.05) is 10.6 Å².